The Morgan fingerprint density at radius 2 is 1.83 bits per heavy atom. The maximum absolute atomic E-state index is 14.0. The van der Waals surface area contributed by atoms with Crippen LogP contribution in [0, 0.1) is 11.6 Å². The number of ether oxygens (including phenoxy) is 2. The highest BCUT2D eigenvalue weighted by atomic mass is 35.5. The lowest BCUT2D eigenvalue weighted by atomic mass is 10.1. The lowest BCUT2D eigenvalue weighted by molar-refractivity contribution is -0.262. The van der Waals surface area contributed by atoms with Gasteiger partial charge in [0.1, 0.15) is 23.8 Å². The van der Waals surface area contributed by atoms with E-state index in [9.17, 15) is 26.7 Å². The van der Waals surface area contributed by atoms with Gasteiger partial charge >= 0.3 is 12.1 Å². The quantitative estimate of drug-likeness (QED) is 0.588. The second-order valence-corrected chi connectivity index (χ2v) is 6.92. The molecule has 0 radical (unpaired) electrons. The number of hydrogen-bond acceptors (Lipinski definition) is 5. The molecule has 0 amide bonds. The fourth-order valence-corrected chi connectivity index (χ4v) is 2.81. The highest BCUT2D eigenvalue weighted by Crippen LogP contribution is 2.36. The third-order valence-corrected chi connectivity index (χ3v) is 4.39. The number of nitrogens with zero attached hydrogens (tertiary/aromatic N) is 1. The molecule has 1 atom stereocenters. The van der Waals surface area contributed by atoms with E-state index in [1.807, 2.05) is 0 Å². The molecular weight excluding hydrogens is 437 g/mol. The molecule has 3 rings (SSSR count). The Bertz CT molecular complexity index is 934. The standard InChI is InChI=1S/C19H15ClF5NO4/c1-10(14-7-12(21)3-4-15(14)22)28-16-5-2-11(20)6-17(16)29-13-8-26(9-13)30-18(27)19(23,24)25/h2-7,10,13H,8-9H2,1H3. The van der Waals surface area contributed by atoms with Crippen molar-refractivity contribution in [3.8, 4) is 11.5 Å². The van der Waals surface area contributed by atoms with E-state index in [-0.39, 0.29) is 30.2 Å². The van der Waals surface area contributed by atoms with Crippen LogP contribution in [0.3, 0.4) is 0 Å². The number of rotatable bonds is 6. The van der Waals surface area contributed by atoms with Crippen LogP contribution in [-0.4, -0.2) is 36.4 Å². The molecule has 1 fully saturated rings. The molecule has 1 aliphatic heterocycles. The summed E-state index contributed by atoms with van der Waals surface area (Å²) in [6.45, 7) is 1.29. The van der Waals surface area contributed by atoms with Crippen LogP contribution in [0.1, 0.15) is 18.6 Å². The van der Waals surface area contributed by atoms with Crippen LogP contribution in [0.5, 0.6) is 11.5 Å². The highest BCUT2D eigenvalue weighted by molar-refractivity contribution is 6.30. The van der Waals surface area contributed by atoms with Gasteiger partial charge in [-0.2, -0.15) is 13.2 Å². The summed E-state index contributed by atoms with van der Waals surface area (Å²) in [7, 11) is 0. The number of hydroxylamine groups is 2. The third-order valence-electron chi connectivity index (χ3n) is 4.16. The van der Waals surface area contributed by atoms with E-state index >= 15 is 0 Å². The average molecular weight is 452 g/mol. The Morgan fingerprint density at radius 1 is 1.13 bits per heavy atom. The van der Waals surface area contributed by atoms with Crippen LogP contribution in [-0.2, 0) is 9.63 Å². The minimum Gasteiger partial charge on any atom is -0.484 e. The molecule has 0 spiro atoms. The zero-order valence-electron chi connectivity index (χ0n) is 15.4. The molecule has 0 bridgehead atoms. The lowest BCUT2D eigenvalue weighted by Gasteiger charge is -2.37. The number of alkyl halides is 3. The Hall–Kier alpha value is -2.59. The third kappa shape index (κ3) is 5.31. The number of hydrogen-bond donors (Lipinski definition) is 0. The summed E-state index contributed by atoms with van der Waals surface area (Å²) in [5.74, 6) is -3.28. The van der Waals surface area contributed by atoms with Gasteiger partial charge in [0, 0.05) is 16.7 Å². The number of halogens is 6. The summed E-state index contributed by atoms with van der Waals surface area (Å²) in [6, 6.07) is 7.35. The zero-order chi connectivity index (χ0) is 22.1. The summed E-state index contributed by atoms with van der Waals surface area (Å²) in [6.07, 6.45) is -6.58. The molecule has 0 aromatic heterocycles. The van der Waals surface area contributed by atoms with Crippen LogP contribution in [0.4, 0.5) is 22.0 Å². The highest BCUT2D eigenvalue weighted by Gasteiger charge is 2.44. The minimum absolute atomic E-state index is 0.00946. The Balaban J connectivity index is 1.65. The fourth-order valence-electron chi connectivity index (χ4n) is 2.65. The predicted octanol–water partition coefficient (Wildman–Crippen LogP) is 4.84. The summed E-state index contributed by atoms with van der Waals surface area (Å²) >= 11 is 5.96. The van der Waals surface area contributed by atoms with Crippen LogP contribution in [0.2, 0.25) is 5.02 Å². The van der Waals surface area contributed by atoms with Gasteiger partial charge in [0.05, 0.1) is 13.1 Å². The van der Waals surface area contributed by atoms with Crippen LogP contribution in [0.15, 0.2) is 36.4 Å². The molecule has 1 unspecified atom stereocenters. The Morgan fingerprint density at radius 3 is 2.50 bits per heavy atom. The number of benzene rings is 2. The van der Waals surface area contributed by atoms with Gasteiger partial charge in [-0.1, -0.05) is 11.6 Å². The molecule has 30 heavy (non-hydrogen) atoms. The van der Waals surface area contributed by atoms with Crippen LogP contribution in [0.25, 0.3) is 0 Å². The van der Waals surface area contributed by atoms with Crippen molar-refractivity contribution >= 4 is 17.6 Å². The molecule has 0 aliphatic carbocycles. The molecule has 1 saturated heterocycles. The average Bonchev–Trinajstić information content (AvgIpc) is 2.63. The molecule has 162 valence electrons. The number of carbonyl (C=O) groups excluding carboxylic acids is 1. The Kier molecular flexibility index (Phi) is 6.37. The molecular formula is C19H15ClF5NO4. The van der Waals surface area contributed by atoms with E-state index in [2.05, 4.69) is 4.84 Å². The van der Waals surface area contributed by atoms with E-state index in [0.29, 0.717) is 5.02 Å². The first-order valence-corrected chi connectivity index (χ1v) is 9.02. The van der Waals surface area contributed by atoms with Gasteiger partial charge in [-0.25, -0.2) is 13.6 Å². The van der Waals surface area contributed by atoms with E-state index in [1.54, 1.807) is 0 Å². The monoisotopic (exact) mass is 451 g/mol. The normalized spacial score (nSPS) is 16.0. The van der Waals surface area contributed by atoms with Crippen molar-refractivity contribution in [3.63, 3.8) is 0 Å². The first-order valence-electron chi connectivity index (χ1n) is 8.65. The van der Waals surface area contributed by atoms with Gasteiger partial charge < -0.3 is 14.3 Å². The molecule has 1 aliphatic rings. The summed E-state index contributed by atoms with van der Waals surface area (Å²) in [5.41, 5.74) is -0.00946. The minimum atomic E-state index is -5.10. The van der Waals surface area contributed by atoms with E-state index in [0.717, 1.165) is 23.3 Å². The fraction of sp³-hybridized carbons (Fsp3) is 0.316. The first kappa shape index (κ1) is 22.1. The van der Waals surface area contributed by atoms with E-state index in [4.69, 9.17) is 21.1 Å². The first-order chi connectivity index (χ1) is 14.0. The topological polar surface area (TPSA) is 48.0 Å². The second-order valence-electron chi connectivity index (χ2n) is 6.48. The molecule has 0 saturated carbocycles. The van der Waals surface area contributed by atoms with Crippen molar-refractivity contribution in [2.24, 2.45) is 0 Å². The zero-order valence-corrected chi connectivity index (χ0v) is 16.1. The predicted molar refractivity (Wildman–Crippen MR) is 95.0 cm³/mol. The van der Waals surface area contributed by atoms with E-state index < -0.39 is 36.0 Å². The van der Waals surface area contributed by atoms with Crippen molar-refractivity contribution in [1.82, 2.24) is 5.06 Å². The smallest absolute Gasteiger partial charge is 0.484 e. The van der Waals surface area contributed by atoms with Crippen molar-refractivity contribution < 1.29 is 41.1 Å². The molecule has 0 N–H and O–H groups in total. The number of carbonyl (C=O) groups is 1. The molecule has 5 nitrogen and oxygen atoms in total. The molecule has 11 heteroatoms. The van der Waals surface area contributed by atoms with Crippen molar-refractivity contribution in [2.45, 2.75) is 25.3 Å². The molecule has 2 aromatic carbocycles. The lowest BCUT2D eigenvalue weighted by Crippen LogP contribution is -2.55. The SMILES string of the molecule is CC(Oc1ccc(Cl)cc1OC1CN(OC(=O)C(F)(F)F)C1)c1cc(F)ccc1F. The van der Waals surface area contributed by atoms with E-state index in [1.165, 1.54) is 25.1 Å². The van der Waals surface area contributed by atoms with Crippen LogP contribution < -0.4 is 9.47 Å². The Labute approximate surface area is 172 Å². The van der Waals surface area contributed by atoms with Crippen molar-refractivity contribution in [2.75, 3.05) is 13.1 Å². The molecule has 1 heterocycles. The molecule has 2 aromatic rings. The van der Waals surface area contributed by atoms with Crippen LogP contribution >= 0.6 is 11.6 Å². The van der Waals surface area contributed by atoms with Crippen molar-refractivity contribution in [1.29, 1.82) is 0 Å². The van der Waals surface area contributed by atoms with Gasteiger partial charge in [0.15, 0.2) is 11.5 Å². The summed E-state index contributed by atoms with van der Waals surface area (Å²) in [5, 5.41) is 1.10. The maximum atomic E-state index is 14.0. The van der Waals surface area contributed by atoms with Crippen molar-refractivity contribution in [3.05, 3.63) is 58.6 Å². The van der Waals surface area contributed by atoms with Gasteiger partial charge in [0.25, 0.3) is 0 Å². The largest absolute Gasteiger partial charge is 0.492 e. The summed E-state index contributed by atoms with van der Waals surface area (Å²) in [4.78, 5) is 15.0. The van der Waals surface area contributed by atoms with Gasteiger partial charge in [0.2, 0.25) is 0 Å². The summed E-state index contributed by atoms with van der Waals surface area (Å²) < 4.78 is 75.4. The second kappa shape index (κ2) is 8.65. The van der Waals surface area contributed by atoms with Gasteiger partial charge in [-0.15, -0.1) is 5.06 Å². The van der Waals surface area contributed by atoms with Gasteiger partial charge in [-0.05, 0) is 37.3 Å². The maximum Gasteiger partial charge on any atom is 0.492 e. The van der Waals surface area contributed by atoms with Gasteiger partial charge in [-0.3, -0.25) is 0 Å².